The van der Waals surface area contributed by atoms with E-state index in [4.69, 9.17) is 17.2 Å². The number of hydrogen-bond donors (Lipinski definition) is 4. The first kappa shape index (κ1) is 17.7. The van der Waals surface area contributed by atoms with E-state index < -0.39 is 27.3 Å². The Morgan fingerprint density at radius 1 is 1.19 bits per heavy atom. The van der Waals surface area contributed by atoms with Gasteiger partial charge >= 0.3 is 0 Å². The molecule has 0 heterocycles. The topological polar surface area (TPSA) is 141 Å². The summed E-state index contributed by atoms with van der Waals surface area (Å²) in [6.07, 6.45) is 0.0958. The molecule has 0 fully saturated rings. The molecule has 0 aliphatic carbocycles. The molecule has 1 aromatic carbocycles. The summed E-state index contributed by atoms with van der Waals surface area (Å²) < 4.78 is 24.3. The molecule has 7 nitrogen and oxygen atoms in total. The Kier molecular flexibility index (Phi) is 6.43. The highest BCUT2D eigenvalue weighted by Gasteiger charge is 2.29. The first-order valence-corrected chi connectivity index (χ1v) is 8.09. The number of aryl methyl sites for hydroxylation is 1. The Morgan fingerprint density at radius 2 is 1.76 bits per heavy atom. The molecule has 0 aliphatic rings. The van der Waals surface area contributed by atoms with Crippen LogP contribution in [0, 0.1) is 6.92 Å². The van der Waals surface area contributed by atoms with E-state index in [1.165, 1.54) is 12.1 Å². The molecule has 0 radical (unpaired) electrons. The van der Waals surface area contributed by atoms with Gasteiger partial charge in [-0.1, -0.05) is 17.7 Å². The summed E-state index contributed by atoms with van der Waals surface area (Å²) in [6.45, 7) is 2.29. The quantitative estimate of drug-likeness (QED) is 0.381. The molecular weight excluding hydrogens is 292 g/mol. The van der Waals surface area contributed by atoms with E-state index in [0.29, 0.717) is 13.0 Å². The summed E-state index contributed by atoms with van der Waals surface area (Å²) in [4.78, 5) is 12.0. The van der Waals surface area contributed by atoms with Gasteiger partial charge < -0.3 is 17.2 Å². The lowest BCUT2D eigenvalue weighted by Crippen LogP contribution is -2.46. The van der Waals surface area contributed by atoms with Crippen LogP contribution in [0.1, 0.15) is 18.4 Å². The van der Waals surface area contributed by atoms with Gasteiger partial charge in [0.05, 0.1) is 10.9 Å². The maximum atomic E-state index is 12.1. The molecule has 8 heteroatoms. The fourth-order valence-corrected chi connectivity index (χ4v) is 2.98. The molecule has 1 rings (SSSR count). The fraction of sp³-hybridized carbons (Fsp3) is 0.462. The molecule has 0 saturated heterocycles. The van der Waals surface area contributed by atoms with Crippen LogP contribution in [0.2, 0.25) is 0 Å². The second-order valence-electron chi connectivity index (χ2n) is 4.86. The normalized spacial score (nSPS) is 13.4. The fourth-order valence-electron chi connectivity index (χ4n) is 1.74. The van der Waals surface area contributed by atoms with Crippen molar-refractivity contribution in [3.63, 3.8) is 0 Å². The minimum absolute atomic E-state index is 0.0318. The van der Waals surface area contributed by atoms with Gasteiger partial charge in [-0.25, -0.2) is 8.42 Å². The largest absolute Gasteiger partial charge is 0.321 e. The number of carbonyl (C=O) groups excluding carboxylic acids is 1. The number of benzene rings is 1. The van der Waals surface area contributed by atoms with Crippen LogP contribution in [0.3, 0.4) is 0 Å². The third-order valence-corrected chi connectivity index (χ3v) is 4.70. The summed E-state index contributed by atoms with van der Waals surface area (Å²) >= 11 is 0. The molecule has 0 unspecified atom stereocenters. The number of hydrogen-bond acceptors (Lipinski definition) is 7. The van der Waals surface area contributed by atoms with Crippen molar-refractivity contribution in [1.82, 2.24) is 5.32 Å². The summed E-state index contributed by atoms with van der Waals surface area (Å²) in [7, 11) is -4.04. The zero-order chi connectivity index (χ0) is 16.0. The Morgan fingerprint density at radius 3 is 2.29 bits per heavy atom. The van der Waals surface area contributed by atoms with E-state index in [2.05, 4.69) is 5.32 Å². The molecule has 0 spiro atoms. The van der Waals surface area contributed by atoms with E-state index in [9.17, 15) is 13.2 Å². The van der Waals surface area contributed by atoms with Crippen molar-refractivity contribution >= 4 is 15.0 Å². The summed E-state index contributed by atoms with van der Waals surface area (Å²) in [5.74, 6) is 0. The SMILES string of the molecule is Cc1ccc(S(=O)(=O)C(=O)[C@@H](N)CCCNC(N)N)cc1. The predicted octanol–water partition coefficient (Wildman–Crippen LogP) is -0.807. The van der Waals surface area contributed by atoms with Crippen molar-refractivity contribution in [2.45, 2.75) is 37.0 Å². The predicted molar refractivity (Wildman–Crippen MR) is 80.7 cm³/mol. The van der Waals surface area contributed by atoms with E-state index in [1.54, 1.807) is 12.1 Å². The number of nitrogens with one attached hydrogen (secondary N) is 1. The van der Waals surface area contributed by atoms with Crippen molar-refractivity contribution in [2.24, 2.45) is 17.2 Å². The molecule has 0 bridgehead atoms. The molecule has 1 atom stereocenters. The van der Waals surface area contributed by atoms with Crippen molar-refractivity contribution in [3.05, 3.63) is 29.8 Å². The third kappa shape index (κ3) is 5.18. The molecule has 21 heavy (non-hydrogen) atoms. The lowest BCUT2D eigenvalue weighted by Gasteiger charge is -2.12. The van der Waals surface area contributed by atoms with Gasteiger partial charge in [-0.15, -0.1) is 0 Å². The van der Waals surface area contributed by atoms with E-state index in [-0.39, 0.29) is 11.3 Å². The molecule has 118 valence electrons. The van der Waals surface area contributed by atoms with Gasteiger partial charge in [-0.3, -0.25) is 10.1 Å². The van der Waals surface area contributed by atoms with Crippen LogP contribution < -0.4 is 22.5 Å². The first-order valence-electron chi connectivity index (χ1n) is 6.61. The van der Waals surface area contributed by atoms with Crippen LogP contribution >= 0.6 is 0 Å². The van der Waals surface area contributed by atoms with Crippen LogP contribution in [0.25, 0.3) is 0 Å². The van der Waals surface area contributed by atoms with Gasteiger partial charge in [0, 0.05) is 0 Å². The summed E-state index contributed by atoms with van der Waals surface area (Å²) in [5, 5.41) is 1.79. The smallest absolute Gasteiger partial charge is 0.267 e. The Bertz CT molecular complexity index is 570. The van der Waals surface area contributed by atoms with Gasteiger partial charge in [-0.2, -0.15) is 0 Å². The summed E-state index contributed by atoms with van der Waals surface area (Å²) in [5.41, 5.74) is 17.2. The molecule has 1 aromatic rings. The zero-order valence-electron chi connectivity index (χ0n) is 12.0. The van der Waals surface area contributed by atoms with Gasteiger partial charge in [0.2, 0.25) is 9.84 Å². The van der Waals surface area contributed by atoms with Gasteiger partial charge in [0.15, 0.2) is 0 Å². The van der Waals surface area contributed by atoms with Crippen molar-refractivity contribution in [2.75, 3.05) is 6.54 Å². The molecule has 7 N–H and O–H groups in total. The standard InChI is InChI=1S/C13H22N4O3S/c1-9-4-6-10(7-5-9)21(19,20)12(18)11(14)3-2-8-17-13(15)16/h4-7,11,13,17H,2-3,8,14-16H2,1H3/t11-/m0/s1. The van der Waals surface area contributed by atoms with Crippen LogP contribution in [0.15, 0.2) is 29.2 Å². The lowest BCUT2D eigenvalue weighted by molar-refractivity contribution is -0.113. The van der Waals surface area contributed by atoms with Crippen LogP contribution in [0.4, 0.5) is 0 Å². The van der Waals surface area contributed by atoms with E-state index >= 15 is 0 Å². The molecule has 0 aromatic heterocycles. The van der Waals surface area contributed by atoms with Crippen molar-refractivity contribution < 1.29 is 13.2 Å². The minimum Gasteiger partial charge on any atom is -0.321 e. The molecule has 0 amide bonds. The third-order valence-electron chi connectivity index (χ3n) is 2.97. The minimum atomic E-state index is -4.04. The average molecular weight is 314 g/mol. The highest BCUT2D eigenvalue weighted by molar-refractivity contribution is 8.06. The van der Waals surface area contributed by atoms with Gasteiger partial charge in [0.1, 0.15) is 6.29 Å². The maximum Gasteiger partial charge on any atom is 0.267 e. The first-order chi connectivity index (χ1) is 9.75. The molecule has 0 saturated carbocycles. The monoisotopic (exact) mass is 314 g/mol. The number of carbonyl (C=O) groups is 1. The van der Waals surface area contributed by atoms with Crippen LogP contribution in [0.5, 0.6) is 0 Å². The molecule has 0 aliphatic heterocycles. The Balaban J connectivity index is 2.66. The van der Waals surface area contributed by atoms with Gasteiger partial charge in [0.25, 0.3) is 5.12 Å². The van der Waals surface area contributed by atoms with Crippen LogP contribution in [-0.2, 0) is 14.6 Å². The summed E-state index contributed by atoms with van der Waals surface area (Å²) in [6, 6.07) is 5.03. The maximum absolute atomic E-state index is 12.1. The van der Waals surface area contributed by atoms with E-state index in [0.717, 1.165) is 5.56 Å². The number of sulfone groups is 1. The number of nitrogens with two attached hydrogens (primary N) is 3. The Hall–Kier alpha value is -1.32. The second-order valence-corrected chi connectivity index (χ2v) is 6.74. The van der Waals surface area contributed by atoms with Gasteiger partial charge in [-0.05, 0) is 38.4 Å². The van der Waals surface area contributed by atoms with Crippen LogP contribution in [-0.4, -0.2) is 32.4 Å². The molecular formula is C13H22N4O3S. The Labute approximate surface area is 124 Å². The lowest BCUT2D eigenvalue weighted by atomic mass is 10.2. The average Bonchev–Trinajstić information content (AvgIpc) is 2.42. The highest BCUT2D eigenvalue weighted by Crippen LogP contribution is 2.15. The van der Waals surface area contributed by atoms with Crippen molar-refractivity contribution in [1.29, 1.82) is 0 Å². The van der Waals surface area contributed by atoms with E-state index in [1.807, 2.05) is 6.92 Å². The highest BCUT2D eigenvalue weighted by atomic mass is 32.2. The second kappa shape index (κ2) is 7.62. The van der Waals surface area contributed by atoms with Crippen molar-refractivity contribution in [3.8, 4) is 0 Å². The zero-order valence-corrected chi connectivity index (χ0v) is 12.8. The number of rotatable bonds is 7.